The van der Waals surface area contributed by atoms with Gasteiger partial charge in [0.25, 0.3) is 0 Å². The van der Waals surface area contributed by atoms with Crippen molar-refractivity contribution in [1.29, 1.82) is 0 Å². The van der Waals surface area contributed by atoms with Crippen molar-refractivity contribution in [2.45, 2.75) is 19.8 Å². The van der Waals surface area contributed by atoms with Crippen LogP contribution in [-0.2, 0) is 0 Å². The van der Waals surface area contributed by atoms with Gasteiger partial charge in [0.15, 0.2) is 0 Å². The molecular formula is C21H21N. The van der Waals surface area contributed by atoms with E-state index in [9.17, 15) is 0 Å². The van der Waals surface area contributed by atoms with Gasteiger partial charge in [0.05, 0.1) is 0 Å². The van der Waals surface area contributed by atoms with Crippen LogP contribution in [0, 0.1) is 0 Å². The summed E-state index contributed by atoms with van der Waals surface area (Å²) in [6.45, 7) is 4.48. The number of hydrogen-bond donors (Lipinski definition) is 1. The maximum absolute atomic E-state index is 3.54. The lowest BCUT2D eigenvalue weighted by atomic mass is 9.92. The summed E-state index contributed by atoms with van der Waals surface area (Å²) in [4.78, 5) is 0. The zero-order valence-corrected chi connectivity index (χ0v) is 13.1. The molecule has 3 aromatic rings. The van der Waals surface area contributed by atoms with Crippen LogP contribution < -0.4 is 5.32 Å². The van der Waals surface area contributed by atoms with Crippen molar-refractivity contribution in [2.75, 3.05) is 5.32 Å². The zero-order valence-electron chi connectivity index (χ0n) is 13.1. The van der Waals surface area contributed by atoms with E-state index >= 15 is 0 Å². The summed E-state index contributed by atoms with van der Waals surface area (Å²) in [6.07, 6.45) is 0. The Morgan fingerprint density at radius 3 is 1.95 bits per heavy atom. The summed E-state index contributed by atoms with van der Waals surface area (Å²) < 4.78 is 0. The number of hydrogen-bond acceptors (Lipinski definition) is 1. The molecule has 0 aliphatic rings. The first kappa shape index (κ1) is 14.4. The van der Waals surface area contributed by atoms with Gasteiger partial charge >= 0.3 is 0 Å². The van der Waals surface area contributed by atoms with Gasteiger partial charge in [0.2, 0.25) is 0 Å². The topological polar surface area (TPSA) is 12.0 Å². The molecule has 3 rings (SSSR count). The van der Waals surface area contributed by atoms with Gasteiger partial charge in [-0.1, -0.05) is 74.5 Å². The van der Waals surface area contributed by atoms with Crippen LogP contribution in [0.25, 0.3) is 11.1 Å². The summed E-state index contributed by atoms with van der Waals surface area (Å²) in [5.74, 6) is 0.501. The third-order valence-corrected chi connectivity index (χ3v) is 3.85. The predicted octanol–water partition coefficient (Wildman–Crippen LogP) is 6.22. The second kappa shape index (κ2) is 6.48. The molecule has 3 aromatic carbocycles. The van der Waals surface area contributed by atoms with Gasteiger partial charge in [0, 0.05) is 16.9 Å². The van der Waals surface area contributed by atoms with E-state index in [4.69, 9.17) is 0 Å². The van der Waals surface area contributed by atoms with Crippen molar-refractivity contribution in [3.63, 3.8) is 0 Å². The predicted molar refractivity (Wildman–Crippen MR) is 95.7 cm³/mol. The molecule has 0 aliphatic heterocycles. The second-order valence-electron chi connectivity index (χ2n) is 5.78. The highest BCUT2D eigenvalue weighted by Crippen LogP contribution is 2.35. The van der Waals surface area contributed by atoms with E-state index < -0.39 is 0 Å². The third kappa shape index (κ3) is 3.04. The summed E-state index contributed by atoms with van der Waals surface area (Å²) in [6, 6.07) is 27.5. The molecule has 0 radical (unpaired) electrons. The highest BCUT2D eigenvalue weighted by atomic mass is 14.9. The average molecular weight is 287 g/mol. The van der Waals surface area contributed by atoms with Gasteiger partial charge in [-0.05, 0) is 35.2 Å². The molecule has 0 fully saturated rings. The highest BCUT2D eigenvalue weighted by Gasteiger charge is 2.11. The number of benzene rings is 3. The Labute approximate surface area is 132 Å². The molecule has 0 aliphatic carbocycles. The summed E-state index contributed by atoms with van der Waals surface area (Å²) >= 11 is 0. The van der Waals surface area contributed by atoms with Crippen LogP contribution in [0.5, 0.6) is 0 Å². The normalized spacial score (nSPS) is 10.7. The van der Waals surface area contributed by atoms with Crippen molar-refractivity contribution >= 4 is 11.4 Å². The maximum Gasteiger partial charge on any atom is 0.0464 e. The van der Waals surface area contributed by atoms with E-state index in [1.807, 2.05) is 18.2 Å². The molecular weight excluding hydrogens is 266 g/mol. The second-order valence-corrected chi connectivity index (χ2v) is 5.78. The van der Waals surface area contributed by atoms with Crippen LogP contribution in [0.3, 0.4) is 0 Å². The lowest BCUT2D eigenvalue weighted by molar-refractivity contribution is 0.869. The Balaban J connectivity index is 2.06. The molecule has 0 spiro atoms. The van der Waals surface area contributed by atoms with Gasteiger partial charge in [-0.25, -0.2) is 0 Å². The first-order chi connectivity index (χ1) is 10.8. The molecule has 110 valence electrons. The molecule has 22 heavy (non-hydrogen) atoms. The molecule has 1 heteroatoms. The average Bonchev–Trinajstić information content (AvgIpc) is 2.56. The van der Waals surface area contributed by atoms with E-state index in [1.54, 1.807) is 0 Å². The summed E-state index contributed by atoms with van der Waals surface area (Å²) in [5.41, 5.74) is 6.18. The Morgan fingerprint density at radius 1 is 0.636 bits per heavy atom. The number of rotatable bonds is 4. The van der Waals surface area contributed by atoms with E-state index in [0.717, 1.165) is 11.4 Å². The van der Waals surface area contributed by atoms with Crippen LogP contribution in [0.4, 0.5) is 11.4 Å². The number of nitrogens with one attached hydrogen (secondary N) is 1. The summed E-state index contributed by atoms with van der Waals surface area (Å²) in [7, 11) is 0. The minimum Gasteiger partial charge on any atom is -0.355 e. The minimum absolute atomic E-state index is 0.501. The standard InChI is InChI=1S/C21H21N/c1-16(2)18-12-6-7-13-19(18)20-14-8-9-15-21(20)22-17-10-4-3-5-11-17/h3-16,22H,1-2H3. The van der Waals surface area contributed by atoms with Crippen molar-refractivity contribution in [1.82, 2.24) is 0 Å². The van der Waals surface area contributed by atoms with Crippen molar-refractivity contribution < 1.29 is 0 Å². The van der Waals surface area contributed by atoms with Crippen LogP contribution in [0.2, 0.25) is 0 Å². The molecule has 0 atom stereocenters. The molecule has 0 amide bonds. The minimum atomic E-state index is 0.501. The lowest BCUT2D eigenvalue weighted by Gasteiger charge is -2.17. The molecule has 1 nitrogen and oxygen atoms in total. The largest absolute Gasteiger partial charge is 0.355 e. The first-order valence-electron chi connectivity index (χ1n) is 7.76. The highest BCUT2D eigenvalue weighted by molar-refractivity contribution is 5.82. The SMILES string of the molecule is CC(C)c1ccccc1-c1ccccc1Nc1ccccc1. The van der Waals surface area contributed by atoms with Crippen molar-refractivity contribution in [2.24, 2.45) is 0 Å². The quantitative estimate of drug-likeness (QED) is 0.600. The van der Waals surface area contributed by atoms with Crippen LogP contribution in [-0.4, -0.2) is 0 Å². The van der Waals surface area contributed by atoms with E-state index in [-0.39, 0.29) is 0 Å². The monoisotopic (exact) mass is 287 g/mol. The third-order valence-electron chi connectivity index (χ3n) is 3.85. The Morgan fingerprint density at radius 2 is 1.23 bits per heavy atom. The van der Waals surface area contributed by atoms with Crippen molar-refractivity contribution in [3.8, 4) is 11.1 Å². The van der Waals surface area contributed by atoms with E-state index in [1.165, 1.54) is 16.7 Å². The zero-order chi connectivity index (χ0) is 15.4. The van der Waals surface area contributed by atoms with Gasteiger partial charge in [-0.2, -0.15) is 0 Å². The molecule has 0 bridgehead atoms. The maximum atomic E-state index is 3.54. The Kier molecular flexibility index (Phi) is 4.24. The van der Waals surface area contributed by atoms with Crippen molar-refractivity contribution in [3.05, 3.63) is 84.4 Å². The molecule has 1 N–H and O–H groups in total. The van der Waals surface area contributed by atoms with Crippen LogP contribution in [0.1, 0.15) is 25.3 Å². The summed E-state index contributed by atoms with van der Waals surface area (Å²) in [5, 5.41) is 3.54. The van der Waals surface area contributed by atoms with Gasteiger partial charge in [-0.3, -0.25) is 0 Å². The molecule has 0 saturated carbocycles. The number of para-hydroxylation sites is 2. The number of anilines is 2. The first-order valence-corrected chi connectivity index (χ1v) is 7.76. The fourth-order valence-corrected chi connectivity index (χ4v) is 2.75. The molecule has 0 unspecified atom stereocenters. The Hall–Kier alpha value is -2.54. The van der Waals surface area contributed by atoms with Crippen LogP contribution in [0.15, 0.2) is 78.9 Å². The van der Waals surface area contributed by atoms with Crippen LogP contribution >= 0.6 is 0 Å². The molecule has 0 saturated heterocycles. The smallest absolute Gasteiger partial charge is 0.0464 e. The molecule has 0 aromatic heterocycles. The fourth-order valence-electron chi connectivity index (χ4n) is 2.75. The van der Waals surface area contributed by atoms with Gasteiger partial charge in [-0.15, -0.1) is 0 Å². The van der Waals surface area contributed by atoms with E-state index in [2.05, 4.69) is 79.8 Å². The Bertz CT molecular complexity index is 745. The fraction of sp³-hybridized carbons (Fsp3) is 0.143. The van der Waals surface area contributed by atoms with Gasteiger partial charge < -0.3 is 5.32 Å². The van der Waals surface area contributed by atoms with Gasteiger partial charge in [0.1, 0.15) is 0 Å². The van der Waals surface area contributed by atoms with E-state index in [0.29, 0.717) is 5.92 Å². The lowest BCUT2D eigenvalue weighted by Crippen LogP contribution is -1.96. The molecule has 0 heterocycles.